The van der Waals surface area contributed by atoms with Gasteiger partial charge in [0.1, 0.15) is 11.5 Å². The van der Waals surface area contributed by atoms with Crippen LogP contribution in [0.4, 0.5) is 4.39 Å². The molecule has 2 aromatic rings. The summed E-state index contributed by atoms with van der Waals surface area (Å²) in [5, 5.41) is 17.4. The molecule has 0 aliphatic carbocycles. The van der Waals surface area contributed by atoms with Crippen molar-refractivity contribution in [3.8, 4) is 0 Å². The minimum atomic E-state index is -0.602. The molecule has 1 atom stereocenters. The summed E-state index contributed by atoms with van der Waals surface area (Å²) in [5.41, 5.74) is 1.31. The summed E-state index contributed by atoms with van der Waals surface area (Å²) in [6, 6.07) is 4.49. The van der Waals surface area contributed by atoms with Gasteiger partial charge in [-0.15, -0.1) is 5.10 Å². The highest BCUT2D eigenvalue weighted by Gasteiger charge is 2.10. The van der Waals surface area contributed by atoms with Gasteiger partial charge in [-0.1, -0.05) is 28.1 Å². The highest BCUT2D eigenvalue weighted by atomic mass is 79.9. The Morgan fingerprint density at radius 1 is 1.50 bits per heavy atom. The number of aliphatic hydroxyl groups excluding tert-OH is 1. The standard InChI is InChI=1S/C12H13BrFN3O/c1-2-12(18)11-7-17(16-15-11)6-8-5-9(14)3-4-10(8)13/h3-5,7,12,18H,2,6H2,1H3. The molecule has 1 unspecified atom stereocenters. The van der Waals surface area contributed by atoms with Crippen LogP contribution >= 0.6 is 15.9 Å². The predicted octanol–water partition coefficient (Wildman–Crippen LogP) is 2.67. The number of aromatic nitrogens is 3. The maximum atomic E-state index is 13.1. The molecule has 0 aliphatic rings. The molecule has 0 spiro atoms. The van der Waals surface area contributed by atoms with Crippen molar-refractivity contribution in [2.75, 3.05) is 0 Å². The summed E-state index contributed by atoms with van der Waals surface area (Å²) < 4.78 is 15.5. The van der Waals surface area contributed by atoms with Gasteiger partial charge in [-0.25, -0.2) is 9.07 Å². The van der Waals surface area contributed by atoms with Gasteiger partial charge in [-0.05, 0) is 30.2 Å². The third-order valence-electron chi connectivity index (χ3n) is 2.62. The Morgan fingerprint density at radius 2 is 2.28 bits per heavy atom. The molecule has 0 saturated carbocycles. The van der Waals surface area contributed by atoms with E-state index in [4.69, 9.17) is 0 Å². The normalized spacial score (nSPS) is 12.7. The van der Waals surface area contributed by atoms with E-state index in [0.29, 0.717) is 18.7 Å². The summed E-state index contributed by atoms with van der Waals surface area (Å²) >= 11 is 3.36. The number of halogens is 2. The monoisotopic (exact) mass is 313 g/mol. The Kier molecular flexibility index (Phi) is 4.08. The average molecular weight is 314 g/mol. The van der Waals surface area contributed by atoms with Crippen LogP contribution in [0.5, 0.6) is 0 Å². The summed E-state index contributed by atoms with van der Waals surface area (Å²) in [6.07, 6.45) is 1.66. The molecule has 1 N–H and O–H groups in total. The lowest BCUT2D eigenvalue weighted by atomic mass is 10.2. The predicted molar refractivity (Wildman–Crippen MR) is 68.5 cm³/mol. The van der Waals surface area contributed by atoms with Crippen LogP contribution in [0.1, 0.15) is 30.7 Å². The lowest BCUT2D eigenvalue weighted by molar-refractivity contribution is 0.168. The Balaban J connectivity index is 2.18. The first kappa shape index (κ1) is 13.2. The fraction of sp³-hybridized carbons (Fsp3) is 0.333. The summed E-state index contributed by atoms with van der Waals surface area (Å²) in [4.78, 5) is 0. The van der Waals surface area contributed by atoms with Crippen LogP contribution in [0.3, 0.4) is 0 Å². The van der Waals surface area contributed by atoms with E-state index in [1.807, 2.05) is 6.92 Å². The van der Waals surface area contributed by atoms with Crippen molar-refractivity contribution in [2.24, 2.45) is 0 Å². The maximum absolute atomic E-state index is 13.1. The minimum Gasteiger partial charge on any atom is -0.387 e. The van der Waals surface area contributed by atoms with Crippen LogP contribution in [-0.2, 0) is 6.54 Å². The molecule has 0 fully saturated rings. The molecule has 2 rings (SSSR count). The van der Waals surface area contributed by atoms with Crippen molar-refractivity contribution in [3.63, 3.8) is 0 Å². The van der Waals surface area contributed by atoms with E-state index in [1.54, 1.807) is 16.9 Å². The van der Waals surface area contributed by atoms with E-state index in [1.165, 1.54) is 12.1 Å². The lowest BCUT2D eigenvalue weighted by Crippen LogP contribution is -2.01. The summed E-state index contributed by atoms with van der Waals surface area (Å²) in [5.74, 6) is -0.290. The van der Waals surface area contributed by atoms with E-state index in [2.05, 4.69) is 26.2 Å². The molecule has 1 aromatic carbocycles. The van der Waals surface area contributed by atoms with Crippen molar-refractivity contribution >= 4 is 15.9 Å². The van der Waals surface area contributed by atoms with E-state index in [9.17, 15) is 9.50 Å². The van der Waals surface area contributed by atoms with E-state index in [-0.39, 0.29) is 5.82 Å². The molecule has 6 heteroatoms. The molecule has 0 bridgehead atoms. The van der Waals surface area contributed by atoms with Crippen LogP contribution in [0.2, 0.25) is 0 Å². The van der Waals surface area contributed by atoms with Crippen molar-refractivity contribution in [3.05, 3.63) is 45.9 Å². The van der Waals surface area contributed by atoms with Crippen LogP contribution in [-0.4, -0.2) is 20.1 Å². The molecule has 1 heterocycles. The molecule has 96 valence electrons. The summed E-state index contributed by atoms with van der Waals surface area (Å²) in [6.45, 7) is 2.27. The first-order chi connectivity index (χ1) is 8.60. The van der Waals surface area contributed by atoms with Gasteiger partial charge >= 0.3 is 0 Å². The molecule has 0 radical (unpaired) electrons. The maximum Gasteiger partial charge on any atom is 0.123 e. The minimum absolute atomic E-state index is 0.290. The van der Waals surface area contributed by atoms with Crippen molar-refractivity contribution in [1.82, 2.24) is 15.0 Å². The Labute approximate surface area is 113 Å². The van der Waals surface area contributed by atoms with E-state index in [0.717, 1.165) is 10.0 Å². The van der Waals surface area contributed by atoms with Crippen LogP contribution in [0.25, 0.3) is 0 Å². The highest BCUT2D eigenvalue weighted by molar-refractivity contribution is 9.10. The average Bonchev–Trinajstić information content (AvgIpc) is 2.81. The van der Waals surface area contributed by atoms with Gasteiger partial charge in [0.2, 0.25) is 0 Å². The molecule has 0 aliphatic heterocycles. The topological polar surface area (TPSA) is 50.9 Å². The molecule has 18 heavy (non-hydrogen) atoms. The van der Waals surface area contributed by atoms with Gasteiger partial charge in [-0.3, -0.25) is 0 Å². The van der Waals surface area contributed by atoms with Gasteiger partial charge in [0.05, 0.1) is 18.8 Å². The Morgan fingerprint density at radius 3 is 3.00 bits per heavy atom. The molecular formula is C12H13BrFN3O. The first-order valence-electron chi connectivity index (χ1n) is 5.62. The quantitative estimate of drug-likeness (QED) is 0.944. The zero-order valence-corrected chi connectivity index (χ0v) is 11.4. The molecular weight excluding hydrogens is 301 g/mol. The number of rotatable bonds is 4. The SMILES string of the molecule is CCC(O)c1cn(Cc2cc(F)ccc2Br)nn1. The Hall–Kier alpha value is -1.27. The van der Waals surface area contributed by atoms with Gasteiger partial charge in [0, 0.05) is 4.47 Å². The first-order valence-corrected chi connectivity index (χ1v) is 6.41. The Bertz CT molecular complexity index is 544. The number of nitrogens with zero attached hydrogens (tertiary/aromatic N) is 3. The fourth-order valence-electron chi connectivity index (χ4n) is 1.59. The number of benzene rings is 1. The van der Waals surface area contributed by atoms with E-state index < -0.39 is 6.10 Å². The van der Waals surface area contributed by atoms with Gasteiger partial charge in [-0.2, -0.15) is 0 Å². The second-order valence-electron chi connectivity index (χ2n) is 4.00. The lowest BCUT2D eigenvalue weighted by Gasteiger charge is -2.04. The number of aliphatic hydroxyl groups is 1. The second-order valence-corrected chi connectivity index (χ2v) is 4.86. The van der Waals surface area contributed by atoms with Crippen molar-refractivity contribution < 1.29 is 9.50 Å². The van der Waals surface area contributed by atoms with Crippen LogP contribution in [0, 0.1) is 5.82 Å². The summed E-state index contributed by atoms with van der Waals surface area (Å²) in [7, 11) is 0. The fourth-order valence-corrected chi connectivity index (χ4v) is 1.96. The van der Waals surface area contributed by atoms with Crippen molar-refractivity contribution in [1.29, 1.82) is 0 Å². The smallest absolute Gasteiger partial charge is 0.123 e. The van der Waals surface area contributed by atoms with Crippen LogP contribution < -0.4 is 0 Å². The zero-order valence-electron chi connectivity index (χ0n) is 9.85. The largest absolute Gasteiger partial charge is 0.387 e. The third kappa shape index (κ3) is 2.94. The molecule has 4 nitrogen and oxygen atoms in total. The van der Waals surface area contributed by atoms with Gasteiger partial charge in [0.25, 0.3) is 0 Å². The van der Waals surface area contributed by atoms with Gasteiger partial charge in [0.15, 0.2) is 0 Å². The zero-order chi connectivity index (χ0) is 13.1. The second kappa shape index (κ2) is 5.58. The third-order valence-corrected chi connectivity index (χ3v) is 3.40. The van der Waals surface area contributed by atoms with E-state index >= 15 is 0 Å². The number of hydrogen-bond donors (Lipinski definition) is 1. The molecule has 1 aromatic heterocycles. The molecule has 0 amide bonds. The van der Waals surface area contributed by atoms with Gasteiger partial charge < -0.3 is 5.11 Å². The van der Waals surface area contributed by atoms with Crippen molar-refractivity contribution in [2.45, 2.75) is 26.0 Å². The number of hydrogen-bond acceptors (Lipinski definition) is 3. The van der Waals surface area contributed by atoms with Crippen LogP contribution in [0.15, 0.2) is 28.9 Å². The highest BCUT2D eigenvalue weighted by Crippen LogP contribution is 2.19. The molecule has 0 saturated heterocycles.